The Kier molecular flexibility index (Phi) is 12.7. The van der Waals surface area contributed by atoms with Crippen LogP contribution in [0.4, 0.5) is 5.69 Å². The summed E-state index contributed by atoms with van der Waals surface area (Å²) in [6.45, 7) is 16.5. The van der Waals surface area contributed by atoms with Gasteiger partial charge >= 0.3 is 0 Å². The quantitative estimate of drug-likeness (QED) is 0.210. The van der Waals surface area contributed by atoms with Gasteiger partial charge in [0.05, 0.1) is 12.1 Å². The lowest BCUT2D eigenvalue weighted by atomic mass is 10.1. The molecule has 172 valence electrons. The number of anilines is 1. The lowest BCUT2D eigenvalue weighted by Crippen LogP contribution is -2.46. The highest BCUT2D eigenvalue weighted by atomic mass is 127. The van der Waals surface area contributed by atoms with Gasteiger partial charge in [-0.2, -0.15) is 0 Å². The molecule has 1 aromatic rings. The van der Waals surface area contributed by atoms with Gasteiger partial charge in [0.1, 0.15) is 0 Å². The topological polar surface area (TPSA) is 52.1 Å². The van der Waals surface area contributed by atoms with Gasteiger partial charge in [0, 0.05) is 52.1 Å². The highest BCUT2D eigenvalue weighted by Gasteiger charge is 2.17. The third-order valence-electron chi connectivity index (χ3n) is 5.45. The van der Waals surface area contributed by atoms with E-state index in [1.165, 1.54) is 24.2 Å². The fraction of sp³-hybridized carbons (Fsp3) is 0.696. The van der Waals surface area contributed by atoms with E-state index in [1.807, 2.05) is 0 Å². The third-order valence-corrected chi connectivity index (χ3v) is 5.45. The number of nitrogens with one attached hydrogen (secondary N) is 2. The summed E-state index contributed by atoms with van der Waals surface area (Å²) in [7, 11) is 1.73. The Hall–Kier alpha value is -1.06. The molecule has 0 bridgehead atoms. The number of ether oxygens (including phenoxy) is 1. The Morgan fingerprint density at radius 2 is 1.87 bits per heavy atom. The predicted molar refractivity (Wildman–Crippen MR) is 140 cm³/mol. The summed E-state index contributed by atoms with van der Waals surface area (Å²) in [6.07, 6.45) is 2.36. The summed E-state index contributed by atoms with van der Waals surface area (Å²) in [5, 5.41) is 6.76. The number of piperazine rings is 1. The van der Waals surface area contributed by atoms with Crippen LogP contribution in [-0.4, -0.2) is 75.9 Å². The summed E-state index contributed by atoms with van der Waals surface area (Å²) in [4.78, 5) is 9.74. The molecule has 7 heteroatoms. The number of aryl methyl sites for hydroxylation is 1. The Morgan fingerprint density at radius 1 is 1.13 bits per heavy atom. The smallest absolute Gasteiger partial charge is 0.191 e. The first-order valence-electron chi connectivity index (χ1n) is 11.0. The van der Waals surface area contributed by atoms with Crippen molar-refractivity contribution in [2.75, 3.05) is 64.4 Å². The van der Waals surface area contributed by atoms with Crippen LogP contribution in [0, 0.1) is 6.92 Å². The predicted octanol–water partition coefficient (Wildman–Crippen LogP) is 3.50. The summed E-state index contributed by atoms with van der Waals surface area (Å²) in [5.41, 5.74) is 2.47. The minimum atomic E-state index is -0.233. The largest absolute Gasteiger partial charge is 0.377 e. The maximum Gasteiger partial charge on any atom is 0.191 e. The molecule has 0 aliphatic carbocycles. The summed E-state index contributed by atoms with van der Waals surface area (Å²) >= 11 is 0. The molecule has 2 rings (SSSR count). The van der Waals surface area contributed by atoms with Crippen molar-refractivity contribution in [3.05, 3.63) is 29.8 Å². The lowest BCUT2D eigenvalue weighted by molar-refractivity contribution is 0.0310. The van der Waals surface area contributed by atoms with Gasteiger partial charge in [-0.25, -0.2) is 0 Å². The highest BCUT2D eigenvalue weighted by Crippen LogP contribution is 2.17. The van der Waals surface area contributed by atoms with Crippen LogP contribution in [-0.2, 0) is 4.74 Å². The number of guanidine groups is 1. The normalized spacial score (nSPS) is 15.6. The molecule has 0 unspecified atom stereocenters. The Labute approximate surface area is 200 Å². The van der Waals surface area contributed by atoms with Gasteiger partial charge in [0.15, 0.2) is 5.96 Å². The van der Waals surface area contributed by atoms with Crippen LogP contribution in [0.2, 0.25) is 0 Å². The Bertz CT molecular complexity index is 630. The van der Waals surface area contributed by atoms with E-state index in [9.17, 15) is 0 Å². The zero-order valence-corrected chi connectivity index (χ0v) is 21.9. The number of unbranched alkanes of at least 4 members (excludes halogenated alkanes) is 1. The third kappa shape index (κ3) is 9.83. The molecule has 1 aliphatic heterocycles. The van der Waals surface area contributed by atoms with Gasteiger partial charge in [0.25, 0.3) is 0 Å². The molecule has 1 fully saturated rings. The van der Waals surface area contributed by atoms with Crippen molar-refractivity contribution in [1.29, 1.82) is 0 Å². The zero-order valence-electron chi connectivity index (χ0n) is 19.5. The summed E-state index contributed by atoms with van der Waals surface area (Å²) < 4.78 is 5.45. The first-order valence-corrected chi connectivity index (χ1v) is 11.0. The van der Waals surface area contributed by atoms with Crippen molar-refractivity contribution >= 4 is 35.6 Å². The molecular weight excluding hydrogens is 489 g/mol. The molecule has 6 nitrogen and oxygen atoms in total. The fourth-order valence-electron chi connectivity index (χ4n) is 3.40. The van der Waals surface area contributed by atoms with Gasteiger partial charge < -0.3 is 20.3 Å². The van der Waals surface area contributed by atoms with E-state index in [-0.39, 0.29) is 29.6 Å². The molecule has 1 saturated heterocycles. The van der Waals surface area contributed by atoms with Crippen LogP contribution < -0.4 is 15.5 Å². The maximum atomic E-state index is 5.45. The fourth-order valence-corrected chi connectivity index (χ4v) is 3.40. The first-order chi connectivity index (χ1) is 13.9. The number of hydrogen-bond acceptors (Lipinski definition) is 4. The molecule has 0 atom stereocenters. The van der Waals surface area contributed by atoms with Crippen molar-refractivity contribution in [2.45, 2.75) is 46.1 Å². The van der Waals surface area contributed by atoms with Crippen LogP contribution in [0.15, 0.2) is 29.3 Å². The van der Waals surface area contributed by atoms with Gasteiger partial charge in [-0.3, -0.25) is 9.89 Å². The van der Waals surface area contributed by atoms with E-state index in [0.29, 0.717) is 6.54 Å². The second-order valence-corrected chi connectivity index (χ2v) is 8.46. The van der Waals surface area contributed by atoms with Crippen molar-refractivity contribution in [1.82, 2.24) is 15.5 Å². The molecular formula is C23H42IN5O. The van der Waals surface area contributed by atoms with Gasteiger partial charge in [-0.05, 0) is 64.8 Å². The van der Waals surface area contributed by atoms with Crippen molar-refractivity contribution in [3.63, 3.8) is 0 Å². The molecule has 1 heterocycles. The molecule has 0 radical (unpaired) electrons. The lowest BCUT2D eigenvalue weighted by Gasteiger charge is -2.36. The summed E-state index contributed by atoms with van der Waals surface area (Å²) in [6, 6.07) is 8.84. The maximum absolute atomic E-state index is 5.45. The Balaban J connectivity index is 0.00000450. The van der Waals surface area contributed by atoms with Crippen molar-refractivity contribution < 1.29 is 4.74 Å². The molecule has 0 amide bonds. The van der Waals surface area contributed by atoms with E-state index in [0.717, 1.165) is 51.6 Å². The van der Waals surface area contributed by atoms with E-state index >= 15 is 0 Å². The van der Waals surface area contributed by atoms with E-state index in [2.05, 4.69) is 77.4 Å². The molecule has 0 saturated carbocycles. The molecule has 2 N–H and O–H groups in total. The number of hydrogen-bond donors (Lipinski definition) is 2. The molecule has 1 aliphatic rings. The molecule has 1 aromatic carbocycles. The minimum Gasteiger partial charge on any atom is -0.377 e. The van der Waals surface area contributed by atoms with Crippen LogP contribution >= 0.6 is 24.0 Å². The average molecular weight is 532 g/mol. The second-order valence-electron chi connectivity index (χ2n) is 8.46. The van der Waals surface area contributed by atoms with Crippen LogP contribution in [0.3, 0.4) is 0 Å². The SMILES string of the molecule is CCNC(=NCC(C)(C)OC)NCCCCN1CCN(c2cccc(C)c2)CC1.I. The van der Waals surface area contributed by atoms with Gasteiger partial charge in [0.2, 0.25) is 0 Å². The zero-order chi connectivity index (χ0) is 21.1. The first kappa shape index (κ1) is 27.0. The van der Waals surface area contributed by atoms with Gasteiger partial charge in [-0.1, -0.05) is 12.1 Å². The van der Waals surface area contributed by atoms with Crippen molar-refractivity contribution in [2.24, 2.45) is 4.99 Å². The summed E-state index contributed by atoms with van der Waals surface area (Å²) in [5.74, 6) is 0.879. The number of aliphatic imine (C=N–C) groups is 1. The van der Waals surface area contributed by atoms with E-state index in [4.69, 9.17) is 4.74 Å². The minimum absolute atomic E-state index is 0. The van der Waals surface area contributed by atoms with E-state index in [1.54, 1.807) is 7.11 Å². The number of methoxy groups -OCH3 is 1. The van der Waals surface area contributed by atoms with Crippen LogP contribution in [0.25, 0.3) is 0 Å². The van der Waals surface area contributed by atoms with Crippen molar-refractivity contribution in [3.8, 4) is 0 Å². The Morgan fingerprint density at radius 3 is 2.50 bits per heavy atom. The number of halogens is 1. The van der Waals surface area contributed by atoms with Gasteiger partial charge in [-0.15, -0.1) is 24.0 Å². The number of rotatable bonds is 10. The average Bonchev–Trinajstić information content (AvgIpc) is 2.72. The molecule has 0 aromatic heterocycles. The standard InChI is InChI=1S/C23H41N5O.HI/c1-6-24-22(26-19-23(3,4)29-5)25-12-7-8-13-27-14-16-28(17-15-27)21-11-9-10-20(2)18-21;/h9-11,18H,6-8,12-17,19H2,1-5H3,(H2,24,25,26);1H. The van der Waals surface area contributed by atoms with Crippen LogP contribution in [0.5, 0.6) is 0 Å². The molecule has 30 heavy (non-hydrogen) atoms. The van der Waals surface area contributed by atoms with Crippen LogP contribution in [0.1, 0.15) is 39.2 Å². The van der Waals surface area contributed by atoms with E-state index < -0.39 is 0 Å². The monoisotopic (exact) mass is 531 g/mol. The number of nitrogens with zero attached hydrogens (tertiary/aromatic N) is 3. The second kappa shape index (κ2) is 14.1. The molecule has 0 spiro atoms. The number of benzene rings is 1. The highest BCUT2D eigenvalue weighted by molar-refractivity contribution is 14.0.